The number of ether oxygens (including phenoxy) is 1. The number of anilines is 1. The van der Waals surface area contributed by atoms with E-state index in [1.807, 2.05) is 6.92 Å². The lowest BCUT2D eigenvalue weighted by atomic mass is 10.1. The third kappa shape index (κ3) is 5.81. The lowest BCUT2D eigenvalue weighted by molar-refractivity contribution is 0.0926. The van der Waals surface area contributed by atoms with E-state index in [9.17, 15) is 9.59 Å². The normalized spacial score (nSPS) is 15.4. The lowest BCUT2D eigenvalue weighted by Crippen LogP contribution is -2.43. The molecule has 2 aromatic rings. The van der Waals surface area contributed by atoms with Gasteiger partial charge in [-0.2, -0.15) is 0 Å². The Bertz CT molecular complexity index is 830. The first-order valence-corrected chi connectivity index (χ1v) is 10.1. The van der Waals surface area contributed by atoms with Crippen LogP contribution < -0.4 is 15.4 Å². The summed E-state index contributed by atoms with van der Waals surface area (Å²) in [7, 11) is 1.58. The molecule has 1 fully saturated rings. The summed E-state index contributed by atoms with van der Waals surface area (Å²) in [6.07, 6.45) is 3.74. The van der Waals surface area contributed by atoms with Crippen molar-refractivity contribution >= 4 is 17.5 Å². The first kappa shape index (κ1) is 20.9. The third-order valence-corrected chi connectivity index (χ3v) is 5.13. The highest BCUT2D eigenvalue weighted by molar-refractivity contribution is 6.09. The summed E-state index contributed by atoms with van der Waals surface area (Å²) in [5.74, 6) is 0.235. The Balaban J connectivity index is 1.64. The van der Waals surface area contributed by atoms with E-state index < -0.39 is 0 Å². The van der Waals surface area contributed by atoms with Gasteiger partial charge >= 0.3 is 0 Å². The summed E-state index contributed by atoms with van der Waals surface area (Å²) in [4.78, 5) is 27.8. The highest BCUT2D eigenvalue weighted by atomic mass is 16.5. The van der Waals surface area contributed by atoms with Gasteiger partial charge in [-0.25, -0.2) is 0 Å². The molecule has 2 aromatic carbocycles. The minimum absolute atomic E-state index is 0.0333. The van der Waals surface area contributed by atoms with Crippen LogP contribution in [0.5, 0.6) is 5.75 Å². The molecule has 0 bridgehead atoms. The molecule has 1 saturated heterocycles. The number of para-hydroxylation sites is 1. The molecular formula is C23H29N3O3. The number of nitrogens with one attached hydrogen (secondary N) is 2. The quantitative estimate of drug-likeness (QED) is 0.752. The first-order valence-electron chi connectivity index (χ1n) is 10.1. The Labute approximate surface area is 172 Å². The molecule has 3 rings (SSSR count). The molecule has 0 aliphatic carbocycles. The number of hydrogen-bond donors (Lipinski definition) is 2. The number of piperidine rings is 1. The first-order chi connectivity index (χ1) is 14.1. The summed E-state index contributed by atoms with van der Waals surface area (Å²) in [5.41, 5.74) is 1.45. The van der Waals surface area contributed by atoms with E-state index in [1.54, 1.807) is 55.6 Å². The van der Waals surface area contributed by atoms with E-state index in [0.29, 0.717) is 22.6 Å². The topological polar surface area (TPSA) is 70.7 Å². The molecule has 2 amide bonds. The molecular weight excluding hydrogens is 366 g/mol. The fraction of sp³-hybridized carbons (Fsp3) is 0.391. The van der Waals surface area contributed by atoms with Crippen LogP contribution in [0.25, 0.3) is 0 Å². The van der Waals surface area contributed by atoms with Gasteiger partial charge in [0.2, 0.25) is 0 Å². The Morgan fingerprint density at radius 3 is 2.38 bits per heavy atom. The third-order valence-electron chi connectivity index (χ3n) is 5.13. The van der Waals surface area contributed by atoms with E-state index in [1.165, 1.54) is 19.3 Å². The fourth-order valence-corrected chi connectivity index (χ4v) is 3.60. The van der Waals surface area contributed by atoms with E-state index >= 15 is 0 Å². The molecule has 1 heterocycles. The predicted octanol–water partition coefficient (Wildman–Crippen LogP) is 3.55. The summed E-state index contributed by atoms with van der Waals surface area (Å²) in [6, 6.07) is 14.0. The zero-order chi connectivity index (χ0) is 20.6. The van der Waals surface area contributed by atoms with Crippen molar-refractivity contribution in [1.82, 2.24) is 10.2 Å². The zero-order valence-corrected chi connectivity index (χ0v) is 17.1. The van der Waals surface area contributed by atoms with E-state index in [2.05, 4.69) is 15.5 Å². The molecule has 1 unspecified atom stereocenters. The Kier molecular flexibility index (Phi) is 7.25. The van der Waals surface area contributed by atoms with Crippen molar-refractivity contribution < 1.29 is 14.3 Å². The molecule has 2 N–H and O–H groups in total. The van der Waals surface area contributed by atoms with Gasteiger partial charge in [-0.05, 0) is 69.3 Å². The Morgan fingerprint density at radius 2 is 1.69 bits per heavy atom. The van der Waals surface area contributed by atoms with Gasteiger partial charge in [0.15, 0.2) is 0 Å². The van der Waals surface area contributed by atoms with Crippen LogP contribution in [-0.2, 0) is 0 Å². The van der Waals surface area contributed by atoms with Crippen LogP contribution in [0.15, 0.2) is 48.5 Å². The Morgan fingerprint density at radius 1 is 1.00 bits per heavy atom. The number of hydrogen-bond acceptors (Lipinski definition) is 4. The molecule has 0 saturated carbocycles. The molecule has 0 aromatic heterocycles. The maximum Gasteiger partial charge on any atom is 0.255 e. The monoisotopic (exact) mass is 395 g/mol. The molecule has 6 heteroatoms. The molecule has 154 valence electrons. The molecule has 1 atom stereocenters. The second kappa shape index (κ2) is 10.1. The maximum absolute atomic E-state index is 12.8. The van der Waals surface area contributed by atoms with Crippen LogP contribution in [-0.4, -0.2) is 49.5 Å². The van der Waals surface area contributed by atoms with Gasteiger partial charge < -0.3 is 20.3 Å². The van der Waals surface area contributed by atoms with E-state index in [4.69, 9.17) is 4.74 Å². The number of carbonyl (C=O) groups is 2. The number of methoxy groups -OCH3 is 1. The average Bonchev–Trinajstić information content (AvgIpc) is 2.74. The molecule has 0 spiro atoms. The predicted molar refractivity (Wildman–Crippen MR) is 115 cm³/mol. The van der Waals surface area contributed by atoms with Gasteiger partial charge in [0.1, 0.15) is 5.75 Å². The van der Waals surface area contributed by atoms with Crippen LogP contribution in [0, 0.1) is 0 Å². The SMILES string of the molecule is COc1ccc(C(=O)Nc2ccccc2C(=O)NC(C)CN2CCCCC2)cc1. The smallest absolute Gasteiger partial charge is 0.255 e. The van der Waals surface area contributed by atoms with Gasteiger partial charge in [-0.1, -0.05) is 18.6 Å². The van der Waals surface area contributed by atoms with Crippen molar-refractivity contribution in [3.8, 4) is 5.75 Å². The standard InChI is InChI=1S/C23H29N3O3/c1-17(16-26-14-6-3-7-15-26)24-23(28)20-8-4-5-9-21(20)25-22(27)18-10-12-19(29-2)13-11-18/h4-5,8-13,17H,3,6-7,14-16H2,1-2H3,(H,24,28)(H,25,27). The fourth-order valence-electron chi connectivity index (χ4n) is 3.60. The van der Waals surface area contributed by atoms with E-state index in [0.717, 1.165) is 19.6 Å². The maximum atomic E-state index is 12.8. The highest BCUT2D eigenvalue weighted by Crippen LogP contribution is 2.18. The lowest BCUT2D eigenvalue weighted by Gasteiger charge is -2.29. The summed E-state index contributed by atoms with van der Waals surface area (Å²) >= 11 is 0. The van der Waals surface area contributed by atoms with Crippen molar-refractivity contribution in [2.45, 2.75) is 32.2 Å². The largest absolute Gasteiger partial charge is 0.497 e. The number of benzene rings is 2. The van der Waals surface area contributed by atoms with Gasteiger partial charge in [0.25, 0.3) is 11.8 Å². The second-order valence-corrected chi connectivity index (χ2v) is 7.46. The van der Waals surface area contributed by atoms with Crippen LogP contribution in [0.3, 0.4) is 0 Å². The number of amides is 2. The number of carbonyl (C=O) groups excluding carboxylic acids is 2. The molecule has 1 aliphatic heterocycles. The summed E-state index contributed by atoms with van der Waals surface area (Å²) in [5, 5.41) is 5.91. The number of nitrogens with zero attached hydrogens (tertiary/aromatic N) is 1. The minimum Gasteiger partial charge on any atom is -0.497 e. The van der Waals surface area contributed by atoms with Gasteiger partial charge in [0.05, 0.1) is 18.4 Å². The van der Waals surface area contributed by atoms with Crippen LogP contribution in [0.1, 0.15) is 46.9 Å². The van der Waals surface area contributed by atoms with Crippen molar-refractivity contribution in [3.63, 3.8) is 0 Å². The van der Waals surface area contributed by atoms with Gasteiger partial charge in [-0.3, -0.25) is 9.59 Å². The van der Waals surface area contributed by atoms with Gasteiger partial charge in [0, 0.05) is 18.2 Å². The molecule has 1 aliphatic rings. The number of likely N-dealkylation sites (tertiary alicyclic amines) is 1. The van der Waals surface area contributed by atoms with Crippen LogP contribution in [0.2, 0.25) is 0 Å². The van der Waals surface area contributed by atoms with Crippen LogP contribution in [0.4, 0.5) is 5.69 Å². The summed E-state index contributed by atoms with van der Waals surface area (Å²) in [6.45, 7) is 5.04. The number of rotatable bonds is 7. The molecule has 29 heavy (non-hydrogen) atoms. The Hall–Kier alpha value is -2.86. The molecule has 0 radical (unpaired) electrons. The minimum atomic E-state index is -0.269. The second-order valence-electron chi connectivity index (χ2n) is 7.46. The molecule has 6 nitrogen and oxygen atoms in total. The van der Waals surface area contributed by atoms with Crippen LogP contribution >= 0.6 is 0 Å². The summed E-state index contributed by atoms with van der Waals surface area (Å²) < 4.78 is 5.12. The highest BCUT2D eigenvalue weighted by Gasteiger charge is 2.18. The zero-order valence-electron chi connectivity index (χ0n) is 17.1. The van der Waals surface area contributed by atoms with Crippen molar-refractivity contribution in [2.75, 3.05) is 32.1 Å². The van der Waals surface area contributed by atoms with Crippen molar-refractivity contribution in [3.05, 3.63) is 59.7 Å². The van der Waals surface area contributed by atoms with Crippen molar-refractivity contribution in [2.24, 2.45) is 0 Å². The van der Waals surface area contributed by atoms with Gasteiger partial charge in [-0.15, -0.1) is 0 Å². The average molecular weight is 396 g/mol. The van der Waals surface area contributed by atoms with E-state index in [-0.39, 0.29) is 17.9 Å². The van der Waals surface area contributed by atoms with Crippen molar-refractivity contribution in [1.29, 1.82) is 0 Å².